The zero-order chi connectivity index (χ0) is 15.4. The highest BCUT2D eigenvalue weighted by molar-refractivity contribution is 5.18. The fourth-order valence-electron chi connectivity index (χ4n) is 3.19. The van der Waals surface area contributed by atoms with Crippen molar-refractivity contribution in [2.75, 3.05) is 20.1 Å². The third-order valence-corrected chi connectivity index (χ3v) is 4.44. The Bertz CT molecular complexity index is 437. The van der Waals surface area contributed by atoms with Crippen molar-refractivity contribution in [3.63, 3.8) is 0 Å². The van der Waals surface area contributed by atoms with Gasteiger partial charge in [-0.3, -0.25) is 0 Å². The van der Waals surface area contributed by atoms with E-state index in [2.05, 4.69) is 31.1 Å². The maximum Gasteiger partial charge on any atom is 0.123 e. The molecule has 0 spiro atoms. The van der Waals surface area contributed by atoms with Crippen molar-refractivity contribution in [1.29, 1.82) is 0 Å². The summed E-state index contributed by atoms with van der Waals surface area (Å²) < 4.78 is 12.9. The third-order valence-electron chi connectivity index (χ3n) is 4.44. The van der Waals surface area contributed by atoms with E-state index in [1.165, 1.54) is 12.1 Å². The van der Waals surface area contributed by atoms with E-state index in [4.69, 9.17) is 0 Å². The molecule has 1 fully saturated rings. The molecule has 1 saturated heterocycles. The highest BCUT2D eigenvalue weighted by Crippen LogP contribution is 2.21. The van der Waals surface area contributed by atoms with Gasteiger partial charge in [-0.2, -0.15) is 0 Å². The van der Waals surface area contributed by atoms with Crippen molar-refractivity contribution in [2.45, 2.75) is 44.9 Å². The second-order valence-corrected chi connectivity index (χ2v) is 6.51. The normalized spacial score (nSPS) is 26.5. The molecule has 4 atom stereocenters. The predicted molar refractivity (Wildman–Crippen MR) is 83.6 cm³/mol. The molecule has 1 aliphatic rings. The molecule has 21 heavy (non-hydrogen) atoms. The van der Waals surface area contributed by atoms with Gasteiger partial charge in [0.2, 0.25) is 0 Å². The molecule has 3 nitrogen and oxygen atoms in total. The van der Waals surface area contributed by atoms with Gasteiger partial charge in [-0.25, -0.2) is 4.39 Å². The van der Waals surface area contributed by atoms with Gasteiger partial charge in [-0.1, -0.05) is 19.1 Å². The van der Waals surface area contributed by atoms with E-state index in [-0.39, 0.29) is 11.9 Å². The molecule has 0 saturated carbocycles. The number of hydrogen-bond donors (Lipinski definition) is 2. The molecule has 1 aromatic rings. The zero-order valence-electron chi connectivity index (χ0n) is 13.2. The quantitative estimate of drug-likeness (QED) is 0.876. The van der Waals surface area contributed by atoms with E-state index in [1.54, 1.807) is 12.1 Å². The monoisotopic (exact) mass is 294 g/mol. The Morgan fingerprint density at radius 3 is 2.67 bits per heavy atom. The Balaban J connectivity index is 1.83. The number of piperidine rings is 1. The highest BCUT2D eigenvalue weighted by atomic mass is 19.1. The van der Waals surface area contributed by atoms with Crippen molar-refractivity contribution in [3.8, 4) is 0 Å². The van der Waals surface area contributed by atoms with Crippen LogP contribution in [0.1, 0.15) is 38.4 Å². The van der Waals surface area contributed by atoms with Crippen LogP contribution < -0.4 is 5.32 Å². The number of benzene rings is 1. The smallest absolute Gasteiger partial charge is 0.123 e. The number of hydrogen-bond acceptors (Lipinski definition) is 3. The lowest BCUT2D eigenvalue weighted by molar-refractivity contribution is 0.132. The van der Waals surface area contributed by atoms with Crippen LogP contribution in [0.15, 0.2) is 24.3 Å². The largest absolute Gasteiger partial charge is 0.388 e. The maximum atomic E-state index is 12.9. The first-order valence-corrected chi connectivity index (χ1v) is 7.84. The van der Waals surface area contributed by atoms with Gasteiger partial charge >= 0.3 is 0 Å². The van der Waals surface area contributed by atoms with Crippen LogP contribution in [0.2, 0.25) is 0 Å². The number of likely N-dealkylation sites (tertiary alicyclic amines) is 1. The average Bonchev–Trinajstić information content (AvgIpc) is 2.42. The van der Waals surface area contributed by atoms with Crippen molar-refractivity contribution >= 4 is 0 Å². The molecule has 4 heteroatoms. The molecule has 2 N–H and O–H groups in total. The first-order valence-electron chi connectivity index (χ1n) is 7.84. The first kappa shape index (κ1) is 16.4. The van der Waals surface area contributed by atoms with Crippen LogP contribution in [0.5, 0.6) is 0 Å². The van der Waals surface area contributed by atoms with Gasteiger partial charge in [0.25, 0.3) is 0 Å². The molecule has 2 rings (SSSR count). The molecule has 4 unspecified atom stereocenters. The third kappa shape index (κ3) is 4.77. The van der Waals surface area contributed by atoms with Gasteiger partial charge in [0.1, 0.15) is 5.82 Å². The van der Waals surface area contributed by atoms with Crippen molar-refractivity contribution in [1.82, 2.24) is 10.2 Å². The van der Waals surface area contributed by atoms with Gasteiger partial charge in [-0.15, -0.1) is 0 Å². The van der Waals surface area contributed by atoms with E-state index in [0.717, 1.165) is 25.1 Å². The average molecular weight is 294 g/mol. The summed E-state index contributed by atoms with van der Waals surface area (Å²) in [6, 6.07) is 6.86. The lowest BCUT2D eigenvalue weighted by atomic mass is 9.92. The zero-order valence-corrected chi connectivity index (χ0v) is 13.2. The molecule has 0 aliphatic carbocycles. The van der Waals surface area contributed by atoms with Gasteiger partial charge in [0, 0.05) is 18.6 Å². The van der Waals surface area contributed by atoms with E-state index in [1.807, 2.05) is 0 Å². The molecule has 1 aromatic carbocycles. The van der Waals surface area contributed by atoms with Crippen LogP contribution in [0, 0.1) is 11.7 Å². The Hall–Kier alpha value is -0.970. The van der Waals surface area contributed by atoms with E-state index >= 15 is 0 Å². The number of rotatable bonds is 5. The molecule has 0 bridgehead atoms. The Labute approximate surface area is 127 Å². The van der Waals surface area contributed by atoms with Crippen LogP contribution in [0.4, 0.5) is 4.39 Å². The van der Waals surface area contributed by atoms with Crippen molar-refractivity contribution in [3.05, 3.63) is 35.6 Å². The van der Waals surface area contributed by atoms with Gasteiger partial charge < -0.3 is 15.3 Å². The fraction of sp³-hybridized carbons (Fsp3) is 0.647. The first-order chi connectivity index (χ1) is 9.95. The highest BCUT2D eigenvalue weighted by Gasteiger charge is 2.25. The van der Waals surface area contributed by atoms with Crippen molar-refractivity contribution in [2.24, 2.45) is 5.92 Å². The van der Waals surface area contributed by atoms with E-state index in [9.17, 15) is 9.50 Å². The minimum atomic E-state index is -0.547. The molecule has 0 radical (unpaired) electrons. The predicted octanol–water partition coefficient (Wildman–Crippen LogP) is 2.57. The second-order valence-electron chi connectivity index (χ2n) is 6.51. The number of nitrogens with one attached hydrogen (secondary N) is 1. The van der Waals surface area contributed by atoms with E-state index < -0.39 is 6.10 Å². The summed E-state index contributed by atoms with van der Waals surface area (Å²) in [7, 11) is 2.16. The summed E-state index contributed by atoms with van der Waals surface area (Å²) in [5.41, 5.74) is 0.779. The summed E-state index contributed by atoms with van der Waals surface area (Å²) in [6.45, 7) is 6.62. The molecule has 0 aromatic heterocycles. The summed E-state index contributed by atoms with van der Waals surface area (Å²) in [5, 5.41) is 13.9. The molecule has 0 amide bonds. The van der Waals surface area contributed by atoms with Crippen LogP contribution >= 0.6 is 0 Å². The van der Waals surface area contributed by atoms with Crippen LogP contribution in [-0.4, -0.2) is 42.2 Å². The Kier molecular flexibility index (Phi) is 5.73. The second kappa shape index (κ2) is 7.34. The standard InChI is InChI=1S/C17H27FN2O/c1-12-11-20(3)9-8-16(12)19-13(2)10-17(21)14-4-6-15(18)7-5-14/h4-7,12-13,16-17,19,21H,8-11H2,1-3H3. The Morgan fingerprint density at radius 1 is 1.38 bits per heavy atom. The fourth-order valence-corrected chi connectivity index (χ4v) is 3.19. The number of halogens is 1. The summed E-state index contributed by atoms with van der Waals surface area (Å²) in [4.78, 5) is 2.36. The number of aliphatic hydroxyl groups is 1. The topological polar surface area (TPSA) is 35.5 Å². The molecule has 1 heterocycles. The molecule has 118 valence electrons. The number of nitrogens with zero attached hydrogens (tertiary/aromatic N) is 1. The minimum absolute atomic E-state index is 0.237. The van der Waals surface area contributed by atoms with E-state index in [0.29, 0.717) is 18.4 Å². The molecular weight excluding hydrogens is 267 g/mol. The van der Waals surface area contributed by atoms with Crippen LogP contribution in [0.3, 0.4) is 0 Å². The maximum absolute atomic E-state index is 12.9. The van der Waals surface area contributed by atoms with Crippen molar-refractivity contribution < 1.29 is 9.50 Å². The SMILES string of the molecule is CC(CC(O)c1ccc(F)cc1)NC1CCN(C)CC1C. The van der Waals surface area contributed by atoms with Crippen LogP contribution in [0.25, 0.3) is 0 Å². The van der Waals surface area contributed by atoms with Crippen LogP contribution in [-0.2, 0) is 0 Å². The molecular formula is C17H27FN2O. The lowest BCUT2D eigenvalue weighted by Crippen LogP contribution is -2.49. The van der Waals surface area contributed by atoms with Gasteiger partial charge in [0.05, 0.1) is 6.10 Å². The molecule has 1 aliphatic heterocycles. The minimum Gasteiger partial charge on any atom is -0.388 e. The van der Waals surface area contributed by atoms with Gasteiger partial charge in [-0.05, 0) is 57.0 Å². The summed E-state index contributed by atoms with van der Waals surface area (Å²) in [5.74, 6) is 0.353. The van der Waals surface area contributed by atoms with Gasteiger partial charge in [0.15, 0.2) is 0 Å². The Morgan fingerprint density at radius 2 is 2.05 bits per heavy atom. The number of aliphatic hydroxyl groups excluding tert-OH is 1. The summed E-state index contributed by atoms with van der Waals surface area (Å²) in [6.07, 6.45) is 1.24. The summed E-state index contributed by atoms with van der Waals surface area (Å²) >= 11 is 0. The lowest BCUT2D eigenvalue weighted by Gasteiger charge is -2.37.